The predicted octanol–water partition coefficient (Wildman–Crippen LogP) is 1.43. The molecule has 0 bridgehead atoms. The van der Waals surface area contributed by atoms with Gasteiger partial charge in [-0.1, -0.05) is 5.16 Å². The SMILES string of the molecule is Cn1cnnc1C1CCN(Cc2noc([C@H]3CCCO3)n2)CC1. The van der Waals surface area contributed by atoms with Crippen LogP contribution >= 0.6 is 0 Å². The van der Waals surface area contributed by atoms with Crippen molar-refractivity contribution in [3.05, 3.63) is 23.9 Å². The molecule has 0 amide bonds. The average Bonchev–Trinajstić information content (AvgIpc) is 3.29. The molecule has 0 N–H and O–H groups in total. The molecule has 2 aliphatic rings. The van der Waals surface area contributed by atoms with Crippen molar-refractivity contribution in [3.63, 3.8) is 0 Å². The van der Waals surface area contributed by atoms with Crippen molar-refractivity contribution in [2.75, 3.05) is 19.7 Å². The molecule has 0 unspecified atom stereocenters. The Kier molecular flexibility index (Phi) is 4.09. The third-order valence-electron chi connectivity index (χ3n) is 4.75. The van der Waals surface area contributed by atoms with Gasteiger partial charge in [0, 0.05) is 19.6 Å². The van der Waals surface area contributed by atoms with E-state index in [-0.39, 0.29) is 6.10 Å². The maximum absolute atomic E-state index is 5.58. The predicted molar refractivity (Wildman–Crippen MR) is 80.5 cm³/mol. The zero-order valence-corrected chi connectivity index (χ0v) is 13.4. The second kappa shape index (κ2) is 6.37. The summed E-state index contributed by atoms with van der Waals surface area (Å²) in [5.41, 5.74) is 0. The van der Waals surface area contributed by atoms with Gasteiger partial charge in [-0.05, 0) is 38.8 Å². The number of aryl methyl sites for hydroxylation is 1. The molecule has 4 heterocycles. The number of ether oxygens (including phenoxy) is 1. The van der Waals surface area contributed by atoms with Crippen molar-refractivity contribution in [1.82, 2.24) is 29.8 Å². The van der Waals surface area contributed by atoms with Gasteiger partial charge < -0.3 is 13.8 Å². The Hall–Kier alpha value is -1.80. The topological polar surface area (TPSA) is 82.1 Å². The molecule has 2 aliphatic heterocycles. The van der Waals surface area contributed by atoms with E-state index in [9.17, 15) is 0 Å². The molecule has 124 valence electrons. The highest BCUT2D eigenvalue weighted by Crippen LogP contribution is 2.28. The fraction of sp³-hybridized carbons (Fsp3) is 0.733. The lowest BCUT2D eigenvalue weighted by Crippen LogP contribution is -2.33. The molecule has 2 aromatic rings. The molecule has 8 heteroatoms. The van der Waals surface area contributed by atoms with E-state index in [4.69, 9.17) is 9.26 Å². The summed E-state index contributed by atoms with van der Waals surface area (Å²) in [6, 6.07) is 0. The Balaban J connectivity index is 1.32. The van der Waals surface area contributed by atoms with Crippen LogP contribution in [-0.2, 0) is 18.3 Å². The van der Waals surface area contributed by atoms with E-state index < -0.39 is 0 Å². The number of piperidine rings is 1. The molecule has 2 aromatic heterocycles. The molecule has 0 aromatic carbocycles. The van der Waals surface area contributed by atoms with Crippen molar-refractivity contribution < 1.29 is 9.26 Å². The van der Waals surface area contributed by atoms with Crippen molar-refractivity contribution >= 4 is 0 Å². The number of hydrogen-bond acceptors (Lipinski definition) is 7. The molecule has 0 aliphatic carbocycles. The normalized spacial score (nSPS) is 23.6. The van der Waals surface area contributed by atoms with Crippen LogP contribution in [0.5, 0.6) is 0 Å². The van der Waals surface area contributed by atoms with Gasteiger partial charge in [0.15, 0.2) is 5.82 Å². The van der Waals surface area contributed by atoms with Crippen LogP contribution in [0.4, 0.5) is 0 Å². The molecule has 4 rings (SSSR count). The fourth-order valence-corrected chi connectivity index (χ4v) is 3.45. The smallest absolute Gasteiger partial charge is 0.255 e. The van der Waals surface area contributed by atoms with E-state index in [1.165, 1.54) is 0 Å². The molecule has 8 nitrogen and oxygen atoms in total. The average molecular weight is 318 g/mol. The van der Waals surface area contributed by atoms with Crippen LogP contribution in [0, 0.1) is 0 Å². The molecule has 2 fully saturated rings. The van der Waals surface area contributed by atoms with Gasteiger partial charge in [-0.2, -0.15) is 4.98 Å². The minimum Gasteiger partial charge on any atom is -0.368 e. The number of aromatic nitrogens is 5. The molecule has 0 spiro atoms. The fourth-order valence-electron chi connectivity index (χ4n) is 3.45. The highest BCUT2D eigenvalue weighted by molar-refractivity contribution is 4.99. The Morgan fingerprint density at radius 3 is 2.83 bits per heavy atom. The number of hydrogen-bond donors (Lipinski definition) is 0. The zero-order chi connectivity index (χ0) is 15.6. The molecular weight excluding hydrogens is 296 g/mol. The van der Waals surface area contributed by atoms with Crippen LogP contribution in [-0.4, -0.2) is 49.5 Å². The minimum atomic E-state index is -0.00194. The summed E-state index contributed by atoms with van der Waals surface area (Å²) in [6.45, 7) is 3.56. The maximum atomic E-state index is 5.58. The van der Waals surface area contributed by atoms with Gasteiger partial charge >= 0.3 is 0 Å². The highest BCUT2D eigenvalue weighted by Gasteiger charge is 2.27. The summed E-state index contributed by atoms with van der Waals surface area (Å²) in [4.78, 5) is 6.87. The van der Waals surface area contributed by atoms with Crippen LogP contribution in [0.2, 0.25) is 0 Å². The van der Waals surface area contributed by atoms with Crippen molar-refractivity contribution in [2.45, 2.75) is 44.2 Å². The third-order valence-corrected chi connectivity index (χ3v) is 4.75. The Labute approximate surface area is 134 Å². The molecule has 1 atom stereocenters. The first-order valence-corrected chi connectivity index (χ1v) is 8.30. The van der Waals surface area contributed by atoms with E-state index in [1.54, 1.807) is 6.33 Å². The molecule has 0 radical (unpaired) electrons. The van der Waals surface area contributed by atoms with Gasteiger partial charge in [-0.3, -0.25) is 4.90 Å². The quantitative estimate of drug-likeness (QED) is 0.843. The second-order valence-corrected chi connectivity index (χ2v) is 6.40. The zero-order valence-electron chi connectivity index (χ0n) is 13.4. The summed E-state index contributed by atoms with van der Waals surface area (Å²) in [5, 5.41) is 12.3. The Bertz CT molecular complexity index is 640. The summed E-state index contributed by atoms with van der Waals surface area (Å²) in [6.07, 6.45) is 5.99. The van der Waals surface area contributed by atoms with Gasteiger partial charge in [0.2, 0.25) is 0 Å². The van der Waals surface area contributed by atoms with Crippen molar-refractivity contribution in [3.8, 4) is 0 Å². The van der Waals surface area contributed by atoms with Crippen molar-refractivity contribution in [1.29, 1.82) is 0 Å². The van der Waals surface area contributed by atoms with Crippen LogP contribution < -0.4 is 0 Å². The molecule has 23 heavy (non-hydrogen) atoms. The Morgan fingerprint density at radius 1 is 1.26 bits per heavy atom. The molecular formula is C15H22N6O2. The van der Waals surface area contributed by atoms with Crippen LogP contribution in [0.25, 0.3) is 0 Å². The van der Waals surface area contributed by atoms with Gasteiger partial charge in [-0.15, -0.1) is 10.2 Å². The lowest BCUT2D eigenvalue weighted by Gasteiger charge is -2.30. The summed E-state index contributed by atoms with van der Waals surface area (Å²) >= 11 is 0. The first-order valence-electron chi connectivity index (χ1n) is 8.30. The van der Waals surface area contributed by atoms with Gasteiger partial charge in [-0.25, -0.2) is 0 Å². The van der Waals surface area contributed by atoms with E-state index in [1.807, 2.05) is 11.6 Å². The Morgan fingerprint density at radius 2 is 2.13 bits per heavy atom. The summed E-state index contributed by atoms with van der Waals surface area (Å²) < 4.78 is 13.0. The van der Waals surface area contributed by atoms with Gasteiger partial charge in [0.25, 0.3) is 5.89 Å². The minimum absolute atomic E-state index is 0.00194. The standard InChI is InChI=1S/C15H22N6O2/c1-20-10-16-18-14(20)11-4-6-21(7-5-11)9-13-17-15(23-19-13)12-3-2-8-22-12/h10-12H,2-9H2,1H3/t12-/m1/s1. The van der Waals surface area contributed by atoms with Crippen molar-refractivity contribution in [2.24, 2.45) is 7.05 Å². The molecule has 0 saturated carbocycles. The second-order valence-electron chi connectivity index (χ2n) is 6.40. The monoisotopic (exact) mass is 318 g/mol. The summed E-state index contributed by atoms with van der Waals surface area (Å²) in [7, 11) is 2.01. The van der Waals surface area contributed by atoms with E-state index in [0.29, 0.717) is 11.8 Å². The lowest BCUT2D eigenvalue weighted by atomic mass is 9.96. The maximum Gasteiger partial charge on any atom is 0.255 e. The first kappa shape index (κ1) is 14.8. The van der Waals surface area contributed by atoms with Crippen LogP contribution in [0.15, 0.2) is 10.9 Å². The van der Waals surface area contributed by atoms with Crippen LogP contribution in [0.1, 0.15) is 55.2 Å². The highest BCUT2D eigenvalue weighted by atomic mass is 16.5. The number of likely N-dealkylation sites (tertiary alicyclic amines) is 1. The van der Waals surface area contributed by atoms with Gasteiger partial charge in [0.05, 0.1) is 6.54 Å². The number of rotatable bonds is 4. The van der Waals surface area contributed by atoms with E-state index >= 15 is 0 Å². The van der Waals surface area contributed by atoms with E-state index in [0.717, 1.165) is 63.6 Å². The first-order chi connectivity index (χ1) is 11.3. The molecule has 2 saturated heterocycles. The van der Waals surface area contributed by atoms with Gasteiger partial charge in [0.1, 0.15) is 18.3 Å². The van der Waals surface area contributed by atoms with E-state index in [2.05, 4.69) is 25.2 Å². The lowest BCUT2D eigenvalue weighted by molar-refractivity contribution is 0.0835. The largest absolute Gasteiger partial charge is 0.368 e. The summed E-state index contributed by atoms with van der Waals surface area (Å²) in [5.74, 6) is 2.97. The number of nitrogens with zero attached hydrogens (tertiary/aromatic N) is 6. The third kappa shape index (κ3) is 3.13. The van der Waals surface area contributed by atoms with Crippen LogP contribution in [0.3, 0.4) is 0 Å².